The molecular formula is C14H24N4. The quantitative estimate of drug-likeness (QED) is 0.636. The van der Waals surface area contributed by atoms with Crippen molar-refractivity contribution in [3.8, 4) is 0 Å². The van der Waals surface area contributed by atoms with Gasteiger partial charge < -0.3 is 0 Å². The molecule has 1 aromatic rings. The highest BCUT2D eigenvalue weighted by Crippen LogP contribution is 2.38. The van der Waals surface area contributed by atoms with Crippen molar-refractivity contribution in [2.24, 2.45) is 23.6 Å². The summed E-state index contributed by atoms with van der Waals surface area (Å²) < 4.78 is 0. The smallest absolute Gasteiger partial charge is 0.146 e. The van der Waals surface area contributed by atoms with Crippen LogP contribution in [0.15, 0.2) is 12.4 Å². The van der Waals surface area contributed by atoms with E-state index in [2.05, 4.69) is 29.2 Å². The number of nitrogens with one attached hydrogen (secondary N) is 1. The fourth-order valence-corrected chi connectivity index (χ4v) is 2.88. The van der Waals surface area contributed by atoms with Gasteiger partial charge in [0.1, 0.15) is 5.82 Å². The van der Waals surface area contributed by atoms with E-state index in [1.165, 1.54) is 19.3 Å². The average molecular weight is 248 g/mol. The number of aryl methyl sites for hydroxylation is 1. The maximum absolute atomic E-state index is 5.72. The zero-order valence-electron chi connectivity index (χ0n) is 11.6. The molecule has 0 amide bonds. The lowest BCUT2D eigenvalue weighted by molar-refractivity contribution is 0.168. The van der Waals surface area contributed by atoms with Gasteiger partial charge in [0, 0.05) is 12.4 Å². The number of rotatable bonds is 3. The standard InChI is InChI=1S/C14H24N4/c1-9-7-16-14(17-8-9)13(18-15)12-5-4-10(2)11(3)6-12/h7-8,10-13,18H,4-6,15H2,1-3H3. The number of hydrazine groups is 1. The highest BCUT2D eigenvalue weighted by Gasteiger charge is 2.31. The summed E-state index contributed by atoms with van der Waals surface area (Å²) in [7, 11) is 0. The summed E-state index contributed by atoms with van der Waals surface area (Å²) in [6, 6.07) is 0.0838. The van der Waals surface area contributed by atoms with E-state index in [0.717, 1.165) is 23.2 Å². The first kappa shape index (κ1) is 13.4. The van der Waals surface area contributed by atoms with Crippen LogP contribution in [0.4, 0.5) is 0 Å². The molecule has 3 N–H and O–H groups in total. The summed E-state index contributed by atoms with van der Waals surface area (Å²) in [6.45, 7) is 6.67. The van der Waals surface area contributed by atoms with Crippen molar-refractivity contribution in [1.29, 1.82) is 0 Å². The van der Waals surface area contributed by atoms with Crippen molar-refractivity contribution in [2.45, 2.75) is 46.1 Å². The minimum absolute atomic E-state index is 0.0838. The van der Waals surface area contributed by atoms with Gasteiger partial charge in [-0.05, 0) is 43.1 Å². The molecule has 1 aromatic heterocycles. The van der Waals surface area contributed by atoms with Crippen molar-refractivity contribution in [3.63, 3.8) is 0 Å². The minimum Gasteiger partial charge on any atom is -0.271 e. The number of nitrogens with two attached hydrogens (primary N) is 1. The third-order valence-corrected chi connectivity index (χ3v) is 4.37. The van der Waals surface area contributed by atoms with Gasteiger partial charge in [0.15, 0.2) is 0 Å². The third-order valence-electron chi connectivity index (χ3n) is 4.37. The Hall–Kier alpha value is -1.00. The molecule has 1 heterocycles. The fraction of sp³-hybridized carbons (Fsp3) is 0.714. The summed E-state index contributed by atoms with van der Waals surface area (Å²) in [5, 5.41) is 0. The summed E-state index contributed by atoms with van der Waals surface area (Å²) in [6.07, 6.45) is 7.41. The van der Waals surface area contributed by atoms with Crippen molar-refractivity contribution < 1.29 is 0 Å². The monoisotopic (exact) mass is 248 g/mol. The molecule has 0 aromatic carbocycles. The molecule has 0 aliphatic heterocycles. The van der Waals surface area contributed by atoms with Gasteiger partial charge in [0.25, 0.3) is 0 Å². The fourth-order valence-electron chi connectivity index (χ4n) is 2.88. The Labute approximate surface area is 109 Å². The topological polar surface area (TPSA) is 63.8 Å². The van der Waals surface area contributed by atoms with E-state index in [0.29, 0.717) is 5.92 Å². The predicted molar refractivity (Wildman–Crippen MR) is 72.5 cm³/mol. The summed E-state index contributed by atoms with van der Waals surface area (Å²) in [4.78, 5) is 8.83. The minimum atomic E-state index is 0.0838. The molecule has 0 spiro atoms. The molecule has 18 heavy (non-hydrogen) atoms. The van der Waals surface area contributed by atoms with Crippen LogP contribution in [0.2, 0.25) is 0 Å². The van der Waals surface area contributed by atoms with Crippen LogP contribution in [-0.2, 0) is 0 Å². The summed E-state index contributed by atoms with van der Waals surface area (Å²) in [5.41, 5.74) is 4.00. The first-order valence-electron chi connectivity index (χ1n) is 6.86. The molecule has 4 atom stereocenters. The molecule has 0 radical (unpaired) electrons. The first-order chi connectivity index (χ1) is 8.61. The maximum Gasteiger partial charge on any atom is 0.146 e. The maximum atomic E-state index is 5.72. The summed E-state index contributed by atoms with van der Waals surface area (Å²) >= 11 is 0. The van der Waals surface area contributed by atoms with Crippen LogP contribution in [0.1, 0.15) is 50.5 Å². The van der Waals surface area contributed by atoms with E-state index in [9.17, 15) is 0 Å². The van der Waals surface area contributed by atoms with E-state index >= 15 is 0 Å². The second kappa shape index (κ2) is 5.76. The summed E-state index contributed by atoms with van der Waals surface area (Å²) in [5.74, 6) is 8.67. The zero-order valence-corrected chi connectivity index (χ0v) is 11.6. The van der Waals surface area contributed by atoms with Crippen molar-refractivity contribution >= 4 is 0 Å². The van der Waals surface area contributed by atoms with E-state index in [4.69, 9.17) is 5.84 Å². The molecule has 1 aliphatic rings. The Morgan fingerprint density at radius 2 is 1.89 bits per heavy atom. The lowest BCUT2D eigenvalue weighted by Crippen LogP contribution is -2.37. The molecule has 0 saturated heterocycles. The van der Waals surface area contributed by atoms with E-state index in [1.807, 2.05) is 19.3 Å². The molecule has 1 aliphatic carbocycles. The van der Waals surface area contributed by atoms with Crippen LogP contribution in [0.3, 0.4) is 0 Å². The lowest BCUT2D eigenvalue weighted by Gasteiger charge is -2.35. The van der Waals surface area contributed by atoms with E-state index < -0.39 is 0 Å². The Kier molecular flexibility index (Phi) is 4.30. The Morgan fingerprint density at radius 1 is 1.22 bits per heavy atom. The van der Waals surface area contributed by atoms with Gasteiger partial charge in [-0.15, -0.1) is 0 Å². The zero-order chi connectivity index (χ0) is 13.1. The largest absolute Gasteiger partial charge is 0.271 e. The molecule has 100 valence electrons. The average Bonchev–Trinajstić information content (AvgIpc) is 2.37. The van der Waals surface area contributed by atoms with Crippen LogP contribution in [-0.4, -0.2) is 9.97 Å². The molecule has 4 heteroatoms. The lowest BCUT2D eigenvalue weighted by atomic mass is 9.73. The Balaban J connectivity index is 2.11. The molecule has 1 saturated carbocycles. The van der Waals surface area contributed by atoms with Gasteiger partial charge in [0.2, 0.25) is 0 Å². The normalized spacial score (nSPS) is 30.1. The molecule has 0 bridgehead atoms. The highest BCUT2D eigenvalue weighted by atomic mass is 15.2. The number of hydrogen-bond donors (Lipinski definition) is 2. The highest BCUT2D eigenvalue weighted by molar-refractivity contribution is 5.06. The van der Waals surface area contributed by atoms with Gasteiger partial charge >= 0.3 is 0 Å². The third kappa shape index (κ3) is 2.87. The second-order valence-electron chi connectivity index (χ2n) is 5.79. The van der Waals surface area contributed by atoms with Gasteiger partial charge in [-0.2, -0.15) is 0 Å². The predicted octanol–water partition coefficient (Wildman–Crippen LogP) is 2.36. The van der Waals surface area contributed by atoms with Crippen LogP contribution in [0, 0.1) is 24.7 Å². The van der Waals surface area contributed by atoms with E-state index in [-0.39, 0.29) is 6.04 Å². The van der Waals surface area contributed by atoms with Crippen LogP contribution < -0.4 is 11.3 Å². The van der Waals surface area contributed by atoms with Gasteiger partial charge in [-0.3, -0.25) is 5.84 Å². The van der Waals surface area contributed by atoms with Gasteiger partial charge in [-0.1, -0.05) is 20.3 Å². The number of aromatic nitrogens is 2. The number of nitrogens with zero attached hydrogens (tertiary/aromatic N) is 2. The van der Waals surface area contributed by atoms with Crippen LogP contribution in [0.5, 0.6) is 0 Å². The van der Waals surface area contributed by atoms with Crippen molar-refractivity contribution in [2.75, 3.05) is 0 Å². The number of hydrogen-bond acceptors (Lipinski definition) is 4. The Bertz CT molecular complexity index is 376. The van der Waals surface area contributed by atoms with Gasteiger partial charge in [-0.25, -0.2) is 15.4 Å². The van der Waals surface area contributed by atoms with Crippen molar-refractivity contribution in [1.82, 2.24) is 15.4 Å². The van der Waals surface area contributed by atoms with Crippen LogP contribution >= 0.6 is 0 Å². The molecular weight excluding hydrogens is 224 g/mol. The second-order valence-corrected chi connectivity index (χ2v) is 5.79. The van der Waals surface area contributed by atoms with Crippen LogP contribution in [0.25, 0.3) is 0 Å². The SMILES string of the molecule is Cc1cnc(C(NN)C2CCC(C)C(C)C2)nc1. The molecule has 1 fully saturated rings. The molecule has 2 rings (SSSR count). The van der Waals surface area contributed by atoms with Gasteiger partial charge in [0.05, 0.1) is 6.04 Å². The first-order valence-corrected chi connectivity index (χ1v) is 6.86. The Morgan fingerprint density at radius 3 is 2.44 bits per heavy atom. The van der Waals surface area contributed by atoms with E-state index in [1.54, 1.807) is 0 Å². The molecule has 4 unspecified atom stereocenters. The molecule has 4 nitrogen and oxygen atoms in total. The van der Waals surface area contributed by atoms with Crippen molar-refractivity contribution in [3.05, 3.63) is 23.8 Å².